The summed E-state index contributed by atoms with van der Waals surface area (Å²) in [6, 6.07) is 6.11. The van der Waals surface area contributed by atoms with Crippen LogP contribution < -0.4 is 15.2 Å². The minimum absolute atomic E-state index is 0.0121. The Bertz CT molecular complexity index is 559. The number of ether oxygens (including phenoxy) is 2. The van der Waals surface area contributed by atoms with Gasteiger partial charge in [0.15, 0.2) is 11.5 Å². The van der Waals surface area contributed by atoms with E-state index in [1.54, 1.807) is 7.11 Å². The number of aliphatic hydroxyl groups is 1. The Hall–Kier alpha value is -1.26. The van der Waals surface area contributed by atoms with E-state index in [0.29, 0.717) is 18.4 Å². The molecule has 4 heteroatoms. The van der Waals surface area contributed by atoms with Crippen molar-refractivity contribution >= 4 is 0 Å². The zero-order valence-electron chi connectivity index (χ0n) is 19.0. The lowest BCUT2D eigenvalue weighted by atomic mass is 9.85. The quantitative estimate of drug-likeness (QED) is 0.456. The van der Waals surface area contributed by atoms with E-state index in [4.69, 9.17) is 15.2 Å². The van der Waals surface area contributed by atoms with Gasteiger partial charge in [-0.25, -0.2) is 0 Å². The monoisotopic (exact) mass is 393 g/mol. The van der Waals surface area contributed by atoms with Gasteiger partial charge in [-0.05, 0) is 61.1 Å². The number of hydrogen-bond donors (Lipinski definition) is 2. The van der Waals surface area contributed by atoms with E-state index < -0.39 is 5.54 Å². The third kappa shape index (κ3) is 9.29. The molecule has 0 spiro atoms. The molecule has 0 bridgehead atoms. The van der Waals surface area contributed by atoms with Crippen LogP contribution in [0.15, 0.2) is 18.2 Å². The molecule has 0 fully saturated rings. The molecular weight excluding hydrogens is 350 g/mol. The van der Waals surface area contributed by atoms with Crippen molar-refractivity contribution in [3.8, 4) is 11.5 Å². The molecule has 0 amide bonds. The highest BCUT2D eigenvalue weighted by Gasteiger charge is 2.25. The molecule has 1 aromatic carbocycles. The summed E-state index contributed by atoms with van der Waals surface area (Å²) < 4.78 is 11.6. The van der Waals surface area contributed by atoms with Crippen LogP contribution in [0.25, 0.3) is 0 Å². The first-order valence-electron chi connectivity index (χ1n) is 10.9. The second-order valence-corrected chi connectivity index (χ2v) is 9.34. The lowest BCUT2D eigenvalue weighted by molar-refractivity contribution is 0.165. The van der Waals surface area contributed by atoms with Crippen LogP contribution in [0.5, 0.6) is 11.5 Å². The van der Waals surface area contributed by atoms with Crippen LogP contribution in [0.2, 0.25) is 0 Å². The van der Waals surface area contributed by atoms with Crippen LogP contribution in [-0.2, 0) is 6.42 Å². The molecule has 1 aromatic rings. The minimum atomic E-state index is -0.526. The van der Waals surface area contributed by atoms with Crippen molar-refractivity contribution in [2.75, 3.05) is 20.3 Å². The molecule has 0 saturated carbocycles. The zero-order valence-corrected chi connectivity index (χ0v) is 19.0. The maximum Gasteiger partial charge on any atom is 0.161 e. The first-order valence-corrected chi connectivity index (χ1v) is 10.9. The van der Waals surface area contributed by atoms with E-state index in [1.165, 1.54) is 19.3 Å². The van der Waals surface area contributed by atoms with Gasteiger partial charge in [-0.15, -0.1) is 0 Å². The zero-order chi connectivity index (χ0) is 21.2. The van der Waals surface area contributed by atoms with Gasteiger partial charge in [0.1, 0.15) is 0 Å². The van der Waals surface area contributed by atoms with Crippen molar-refractivity contribution in [1.82, 2.24) is 0 Å². The average molecular weight is 394 g/mol. The number of rotatable bonds is 14. The number of aliphatic hydroxyl groups excluding tert-OH is 1. The highest BCUT2D eigenvalue weighted by Crippen LogP contribution is 2.30. The molecule has 1 rings (SSSR count). The number of aryl methyl sites for hydroxylation is 1. The molecule has 0 radical (unpaired) electrons. The largest absolute Gasteiger partial charge is 0.493 e. The fourth-order valence-corrected chi connectivity index (χ4v) is 3.63. The van der Waals surface area contributed by atoms with E-state index in [-0.39, 0.29) is 6.61 Å². The predicted octanol–water partition coefficient (Wildman–Crippen LogP) is 5.20. The maximum atomic E-state index is 9.70. The number of benzene rings is 1. The van der Waals surface area contributed by atoms with Crippen molar-refractivity contribution in [1.29, 1.82) is 0 Å². The first-order chi connectivity index (χ1) is 13.2. The van der Waals surface area contributed by atoms with Crippen LogP contribution in [0, 0.1) is 17.8 Å². The van der Waals surface area contributed by atoms with Crippen LogP contribution >= 0.6 is 0 Å². The summed E-state index contributed by atoms with van der Waals surface area (Å²) in [4.78, 5) is 0. The molecule has 1 unspecified atom stereocenters. The van der Waals surface area contributed by atoms with Gasteiger partial charge in [0.2, 0.25) is 0 Å². The number of methoxy groups -OCH3 is 1. The smallest absolute Gasteiger partial charge is 0.161 e. The standard InChI is InChI=1S/C24H43NO3/c1-18(2)8-7-9-20(5)16-28-22-11-10-21(14-23(22)27-6)12-13-24(25,17-26)15-19(3)4/h10-11,14,18-20,26H,7-9,12-13,15-17,25H2,1-6H3/t20?,24-/m0/s1. The normalized spacial score (nSPS) is 14.9. The lowest BCUT2D eigenvalue weighted by Gasteiger charge is -2.29. The van der Waals surface area contributed by atoms with E-state index in [2.05, 4.69) is 40.7 Å². The topological polar surface area (TPSA) is 64.7 Å². The van der Waals surface area contributed by atoms with Gasteiger partial charge in [0.25, 0.3) is 0 Å². The summed E-state index contributed by atoms with van der Waals surface area (Å²) in [5, 5.41) is 9.70. The summed E-state index contributed by atoms with van der Waals surface area (Å²) in [6.07, 6.45) is 6.09. The summed E-state index contributed by atoms with van der Waals surface area (Å²) in [7, 11) is 1.68. The predicted molar refractivity (Wildman–Crippen MR) is 118 cm³/mol. The van der Waals surface area contributed by atoms with Gasteiger partial charge < -0.3 is 20.3 Å². The molecule has 4 nitrogen and oxygen atoms in total. The second-order valence-electron chi connectivity index (χ2n) is 9.34. The molecule has 0 heterocycles. The summed E-state index contributed by atoms with van der Waals surface area (Å²) in [5.74, 6) is 3.32. The Kier molecular flexibility index (Phi) is 10.9. The number of hydrogen-bond acceptors (Lipinski definition) is 4. The molecule has 28 heavy (non-hydrogen) atoms. The van der Waals surface area contributed by atoms with Gasteiger partial charge >= 0.3 is 0 Å². The molecule has 0 aliphatic heterocycles. The van der Waals surface area contributed by atoms with Gasteiger partial charge in [-0.3, -0.25) is 0 Å². The average Bonchev–Trinajstić information content (AvgIpc) is 2.64. The number of nitrogens with two attached hydrogens (primary N) is 1. The highest BCUT2D eigenvalue weighted by molar-refractivity contribution is 5.43. The van der Waals surface area contributed by atoms with Crippen molar-refractivity contribution < 1.29 is 14.6 Å². The molecule has 0 saturated heterocycles. The van der Waals surface area contributed by atoms with E-state index in [9.17, 15) is 5.11 Å². The molecular formula is C24H43NO3. The van der Waals surface area contributed by atoms with E-state index in [0.717, 1.165) is 42.2 Å². The van der Waals surface area contributed by atoms with Gasteiger partial charge in [-0.1, -0.05) is 53.5 Å². The Labute approximate surface area is 172 Å². The Morgan fingerprint density at radius 3 is 2.32 bits per heavy atom. The van der Waals surface area contributed by atoms with Gasteiger partial charge in [0.05, 0.1) is 20.3 Å². The third-order valence-electron chi connectivity index (χ3n) is 5.27. The molecule has 0 aliphatic carbocycles. The fraction of sp³-hybridized carbons (Fsp3) is 0.750. The molecule has 0 aromatic heterocycles. The van der Waals surface area contributed by atoms with Crippen LogP contribution in [0.3, 0.4) is 0 Å². The highest BCUT2D eigenvalue weighted by atomic mass is 16.5. The second kappa shape index (κ2) is 12.3. The molecule has 3 N–H and O–H groups in total. The van der Waals surface area contributed by atoms with E-state index in [1.807, 2.05) is 12.1 Å². The Balaban J connectivity index is 2.61. The van der Waals surface area contributed by atoms with Crippen molar-refractivity contribution in [2.24, 2.45) is 23.5 Å². The fourth-order valence-electron chi connectivity index (χ4n) is 3.63. The maximum absolute atomic E-state index is 9.70. The summed E-state index contributed by atoms with van der Waals surface area (Å²) in [5.41, 5.74) is 7.01. The molecule has 0 aliphatic rings. The van der Waals surface area contributed by atoms with Gasteiger partial charge in [0, 0.05) is 5.54 Å². The van der Waals surface area contributed by atoms with E-state index >= 15 is 0 Å². The Morgan fingerprint density at radius 2 is 1.75 bits per heavy atom. The third-order valence-corrected chi connectivity index (χ3v) is 5.27. The van der Waals surface area contributed by atoms with Gasteiger partial charge in [-0.2, -0.15) is 0 Å². The molecule has 2 atom stereocenters. The Morgan fingerprint density at radius 1 is 1.04 bits per heavy atom. The SMILES string of the molecule is COc1cc(CC[C@@](N)(CO)CC(C)C)ccc1OCC(C)CCCC(C)C. The summed E-state index contributed by atoms with van der Waals surface area (Å²) in [6.45, 7) is 11.8. The summed E-state index contributed by atoms with van der Waals surface area (Å²) >= 11 is 0. The van der Waals surface area contributed by atoms with Crippen LogP contribution in [-0.4, -0.2) is 31.0 Å². The van der Waals surface area contributed by atoms with Crippen molar-refractivity contribution in [2.45, 2.75) is 78.7 Å². The van der Waals surface area contributed by atoms with Crippen molar-refractivity contribution in [3.63, 3.8) is 0 Å². The minimum Gasteiger partial charge on any atom is -0.493 e. The van der Waals surface area contributed by atoms with Crippen molar-refractivity contribution in [3.05, 3.63) is 23.8 Å². The first kappa shape index (κ1) is 24.8. The van der Waals surface area contributed by atoms with Crippen LogP contribution in [0.1, 0.15) is 72.3 Å². The molecule has 162 valence electrons. The lowest BCUT2D eigenvalue weighted by Crippen LogP contribution is -2.45. The van der Waals surface area contributed by atoms with Crippen LogP contribution in [0.4, 0.5) is 0 Å².